The molecule has 0 bridgehead atoms. The predicted octanol–water partition coefficient (Wildman–Crippen LogP) is 0.588. The van der Waals surface area contributed by atoms with Crippen LogP contribution in [0.3, 0.4) is 0 Å². The molecule has 0 heterocycles. The number of rotatable bonds is 5. The summed E-state index contributed by atoms with van der Waals surface area (Å²) in [7, 11) is 1.81. The maximum absolute atomic E-state index is 10.9. The molecule has 0 saturated heterocycles. The van der Waals surface area contributed by atoms with Gasteiger partial charge in [-0.05, 0) is 13.0 Å². The third kappa shape index (κ3) is 7.34. The van der Waals surface area contributed by atoms with Crippen molar-refractivity contribution < 1.29 is 9.53 Å². The van der Waals surface area contributed by atoms with Crippen molar-refractivity contribution in [2.75, 3.05) is 26.7 Å². The number of carbonyl (C=O) groups is 1. The Hall–Kier alpha value is -0.770. The van der Waals surface area contributed by atoms with E-state index in [1.54, 1.807) is 0 Å². The molecule has 4 nitrogen and oxygen atoms in total. The van der Waals surface area contributed by atoms with E-state index in [4.69, 9.17) is 4.74 Å². The Morgan fingerprint density at radius 2 is 2.17 bits per heavy atom. The molecule has 0 radical (unpaired) electrons. The Kier molecular flexibility index (Phi) is 6.47. The molecule has 72 valence electrons. The molecule has 0 saturated carbocycles. The summed E-state index contributed by atoms with van der Waals surface area (Å²) in [6.07, 6.45) is -0.334. The van der Waals surface area contributed by atoms with Crippen LogP contribution in [0.1, 0.15) is 13.8 Å². The Labute approximate surface area is 73.7 Å². The first-order chi connectivity index (χ1) is 5.66. The van der Waals surface area contributed by atoms with Crippen LogP contribution in [0, 0.1) is 5.92 Å². The minimum Gasteiger partial charge on any atom is -0.448 e. The molecule has 2 N–H and O–H groups in total. The summed E-state index contributed by atoms with van der Waals surface area (Å²) in [6, 6.07) is 0. The van der Waals surface area contributed by atoms with Gasteiger partial charge in [-0.25, -0.2) is 4.79 Å². The standard InChI is InChI=1S/C8H18N2O2/c1-7(2)6-10-8(11)12-5-4-9-3/h7,9H,4-6H2,1-3H3,(H,10,11). The van der Waals surface area contributed by atoms with Gasteiger partial charge in [0, 0.05) is 13.1 Å². The van der Waals surface area contributed by atoms with Crippen molar-refractivity contribution in [1.29, 1.82) is 0 Å². The molecule has 1 amide bonds. The molecule has 0 aliphatic carbocycles. The highest BCUT2D eigenvalue weighted by molar-refractivity contribution is 5.67. The van der Waals surface area contributed by atoms with Crippen LogP contribution in [0.5, 0.6) is 0 Å². The fourth-order valence-electron chi connectivity index (χ4n) is 0.584. The number of likely N-dealkylation sites (N-methyl/N-ethyl adjacent to an activating group) is 1. The van der Waals surface area contributed by atoms with Crippen LogP contribution >= 0.6 is 0 Å². The van der Waals surface area contributed by atoms with Crippen LogP contribution < -0.4 is 10.6 Å². The van der Waals surface area contributed by atoms with Crippen LogP contribution in [0.4, 0.5) is 4.79 Å². The van der Waals surface area contributed by atoms with E-state index < -0.39 is 0 Å². The van der Waals surface area contributed by atoms with Gasteiger partial charge in [-0.3, -0.25) is 0 Å². The smallest absolute Gasteiger partial charge is 0.407 e. The van der Waals surface area contributed by atoms with Crippen LogP contribution in [0.15, 0.2) is 0 Å². The number of amides is 1. The summed E-state index contributed by atoms with van der Waals surface area (Å²) in [4.78, 5) is 10.9. The number of hydrogen-bond acceptors (Lipinski definition) is 3. The number of alkyl carbamates (subject to hydrolysis) is 1. The second-order valence-corrected chi connectivity index (χ2v) is 3.01. The maximum atomic E-state index is 10.9. The van der Waals surface area contributed by atoms with E-state index in [0.717, 1.165) is 0 Å². The molecule has 0 aromatic rings. The monoisotopic (exact) mass is 174 g/mol. The van der Waals surface area contributed by atoms with Gasteiger partial charge in [-0.2, -0.15) is 0 Å². The normalized spacial score (nSPS) is 10.0. The molecular weight excluding hydrogens is 156 g/mol. The molecule has 0 fully saturated rings. The van der Waals surface area contributed by atoms with Crippen molar-refractivity contribution in [3.05, 3.63) is 0 Å². The molecule has 0 aliphatic heterocycles. The van der Waals surface area contributed by atoms with Crippen molar-refractivity contribution in [3.8, 4) is 0 Å². The molecular formula is C8H18N2O2. The van der Waals surface area contributed by atoms with Gasteiger partial charge < -0.3 is 15.4 Å². The van der Waals surface area contributed by atoms with Crippen LogP contribution in [0.2, 0.25) is 0 Å². The third-order valence-electron chi connectivity index (χ3n) is 1.24. The second-order valence-electron chi connectivity index (χ2n) is 3.01. The Morgan fingerprint density at radius 3 is 2.67 bits per heavy atom. The lowest BCUT2D eigenvalue weighted by Gasteiger charge is -2.07. The number of carbonyl (C=O) groups excluding carboxylic acids is 1. The van der Waals surface area contributed by atoms with E-state index in [1.165, 1.54) is 0 Å². The molecule has 0 spiro atoms. The molecule has 0 rings (SSSR count). The maximum Gasteiger partial charge on any atom is 0.407 e. The topological polar surface area (TPSA) is 50.4 Å². The summed E-state index contributed by atoms with van der Waals surface area (Å²) in [6.45, 7) is 5.84. The lowest BCUT2D eigenvalue weighted by molar-refractivity contribution is 0.146. The van der Waals surface area contributed by atoms with Gasteiger partial charge in [-0.15, -0.1) is 0 Å². The highest BCUT2D eigenvalue weighted by atomic mass is 16.5. The first-order valence-corrected chi connectivity index (χ1v) is 4.22. The van der Waals surface area contributed by atoms with Crippen molar-refractivity contribution in [2.24, 2.45) is 5.92 Å². The number of ether oxygens (including phenoxy) is 1. The van der Waals surface area contributed by atoms with E-state index in [0.29, 0.717) is 25.6 Å². The summed E-state index contributed by atoms with van der Waals surface area (Å²) >= 11 is 0. The van der Waals surface area contributed by atoms with E-state index in [9.17, 15) is 4.79 Å². The van der Waals surface area contributed by atoms with Gasteiger partial charge in [0.25, 0.3) is 0 Å². The minimum atomic E-state index is -0.334. The number of nitrogens with one attached hydrogen (secondary N) is 2. The predicted molar refractivity (Wildman–Crippen MR) is 48.1 cm³/mol. The van der Waals surface area contributed by atoms with E-state index >= 15 is 0 Å². The van der Waals surface area contributed by atoms with Gasteiger partial charge in [0.05, 0.1) is 0 Å². The van der Waals surface area contributed by atoms with Crippen molar-refractivity contribution >= 4 is 6.09 Å². The lowest BCUT2D eigenvalue weighted by Crippen LogP contribution is -2.29. The highest BCUT2D eigenvalue weighted by Crippen LogP contribution is 1.87. The summed E-state index contributed by atoms with van der Waals surface area (Å²) in [5.74, 6) is 0.460. The van der Waals surface area contributed by atoms with Gasteiger partial charge in [0.2, 0.25) is 0 Å². The fourth-order valence-corrected chi connectivity index (χ4v) is 0.584. The zero-order chi connectivity index (χ0) is 9.40. The summed E-state index contributed by atoms with van der Waals surface area (Å²) in [5.41, 5.74) is 0. The Morgan fingerprint density at radius 1 is 1.50 bits per heavy atom. The van der Waals surface area contributed by atoms with Gasteiger partial charge in [0.15, 0.2) is 0 Å². The Bertz CT molecular complexity index is 126. The summed E-state index contributed by atoms with van der Waals surface area (Å²) in [5, 5.41) is 5.53. The van der Waals surface area contributed by atoms with Crippen LogP contribution in [-0.4, -0.2) is 32.8 Å². The van der Waals surface area contributed by atoms with Crippen molar-refractivity contribution in [3.63, 3.8) is 0 Å². The fraction of sp³-hybridized carbons (Fsp3) is 0.875. The molecule has 0 aliphatic rings. The average Bonchev–Trinajstić information content (AvgIpc) is 2.01. The zero-order valence-corrected chi connectivity index (χ0v) is 8.02. The second kappa shape index (κ2) is 6.91. The largest absolute Gasteiger partial charge is 0.448 e. The van der Waals surface area contributed by atoms with Crippen molar-refractivity contribution in [1.82, 2.24) is 10.6 Å². The lowest BCUT2D eigenvalue weighted by atomic mass is 10.2. The number of hydrogen-bond donors (Lipinski definition) is 2. The van der Waals surface area contributed by atoms with E-state index in [2.05, 4.69) is 10.6 Å². The first-order valence-electron chi connectivity index (χ1n) is 4.22. The molecule has 0 aromatic heterocycles. The zero-order valence-electron chi connectivity index (χ0n) is 8.02. The molecule has 12 heavy (non-hydrogen) atoms. The molecule has 0 aromatic carbocycles. The third-order valence-corrected chi connectivity index (χ3v) is 1.24. The van der Waals surface area contributed by atoms with E-state index in [-0.39, 0.29) is 6.09 Å². The molecule has 4 heteroatoms. The van der Waals surface area contributed by atoms with Crippen LogP contribution in [-0.2, 0) is 4.74 Å². The van der Waals surface area contributed by atoms with Crippen LogP contribution in [0.25, 0.3) is 0 Å². The average molecular weight is 174 g/mol. The van der Waals surface area contributed by atoms with Gasteiger partial charge >= 0.3 is 6.09 Å². The summed E-state index contributed by atoms with van der Waals surface area (Å²) < 4.78 is 4.82. The SMILES string of the molecule is CNCCOC(=O)NCC(C)C. The first kappa shape index (κ1) is 11.2. The minimum absolute atomic E-state index is 0.334. The van der Waals surface area contributed by atoms with Gasteiger partial charge in [-0.1, -0.05) is 13.8 Å². The van der Waals surface area contributed by atoms with Gasteiger partial charge in [0.1, 0.15) is 6.61 Å². The van der Waals surface area contributed by atoms with E-state index in [1.807, 2.05) is 20.9 Å². The Balaban J connectivity index is 3.22. The highest BCUT2D eigenvalue weighted by Gasteiger charge is 2.00. The molecule has 0 atom stereocenters. The quantitative estimate of drug-likeness (QED) is 0.600. The van der Waals surface area contributed by atoms with Crippen molar-refractivity contribution in [2.45, 2.75) is 13.8 Å². The molecule has 0 unspecified atom stereocenters.